The molecule has 0 fully saturated rings. The van der Waals surface area contributed by atoms with Crippen molar-refractivity contribution in [3.63, 3.8) is 0 Å². The van der Waals surface area contributed by atoms with Gasteiger partial charge in [0.15, 0.2) is 0 Å². The molecule has 0 aromatic heterocycles. The third kappa shape index (κ3) is 8.57. The molecule has 0 saturated heterocycles. The van der Waals surface area contributed by atoms with Crippen LogP contribution in [0.15, 0.2) is 43.1 Å². The van der Waals surface area contributed by atoms with E-state index < -0.39 is 0 Å². The standard InChI is InChI=1S/C23H39N/c1-5-7-8-9-10-11-12-16-19-22(23(3,4)24-6-2)20-21-17-14-13-15-18-21/h6,13-15,17-18,22,24H,2,5,7-12,16,19-20H2,1,3-4H3. The van der Waals surface area contributed by atoms with Crippen molar-refractivity contribution in [1.29, 1.82) is 0 Å². The fourth-order valence-electron chi connectivity index (χ4n) is 3.52. The molecule has 1 heteroatoms. The zero-order valence-electron chi connectivity index (χ0n) is 16.3. The Morgan fingerprint density at radius 2 is 1.54 bits per heavy atom. The molecule has 1 unspecified atom stereocenters. The highest BCUT2D eigenvalue weighted by Crippen LogP contribution is 2.27. The molecule has 0 heterocycles. The van der Waals surface area contributed by atoms with Gasteiger partial charge in [-0.3, -0.25) is 0 Å². The highest BCUT2D eigenvalue weighted by Gasteiger charge is 2.27. The first-order chi connectivity index (χ1) is 11.6. The topological polar surface area (TPSA) is 12.0 Å². The van der Waals surface area contributed by atoms with Crippen LogP contribution >= 0.6 is 0 Å². The van der Waals surface area contributed by atoms with Crippen molar-refractivity contribution in [2.75, 3.05) is 0 Å². The SMILES string of the molecule is C=CNC(C)(C)C(CCCCCCCCCC)Cc1ccccc1. The Bertz CT molecular complexity index is 421. The highest BCUT2D eigenvalue weighted by molar-refractivity contribution is 5.16. The molecular formula is C23H39N. The van der Waals surface area contributed by atoms with E-state index in [9.17, 15) is 0 Å². The Kier molecular flexibility index (Phi) is 10.5. The molecular weight excluding hydrogens is 290 g/mol. The van der Waals surface area contributed by atoms with Gasteiger partial charge in [0, 0.05) is 5.54 Å². The third-order valence-electron chi connectivity index (χ3n) is 5.23. The molecule has 1 N–H and O–H groups in total. The van der Waals surface area contributed by atoms with Crippen LogP contribution in [0.3, 0.4) is 0 Å². The van der Waals surface area contributed by atoms with Gasteiger partial charge in [0.05, 0.1) is 0 Å². The first-order valence-electron chi connectivity index (χ1n) is 10.0. The molecule has 1 nitrogen and oxygen atoms in total. The van der Waals surface area contributed by atoms with Gasteiger partial charge in [-0.2, -0.15) is 0 Å². The number of nitrogens with one attached hydrogen (secondary N) is 1. The van der Waals surface area contributed by atoms with Crippen molar-refractivity contribution in [3.8, 4) is 0 Å². The monoisotopic (exact) mass is 329 g/mol. The van der Waals surface area contributed by atoms with Gasteiger partial charge in [0.2, 0.25) is 0 Å². The predicted molar refractivity (Wildman–Crippen MR) is 108 cm³/mol. The van der Waals surface area contributed by atoms with Crippen LogP contribution in [-0.4, -0.2) is 5.54 Å². The summed E-state index contributed by atoms with van der Waals surface area (Å²) in [6.45, 7) is 10.8. The van der Waals surface area contributed by atoms with Crippen LogP contribution in [0.2, 0.25) is 0 Å². The van der Waals surface area contributed by atoms with Crippen LogP contribution in [0.4, 0.5) is 0 Å². The molecule has 0 radical (unpaired) electrons. The van der Waals surface area contributed by atoms with E-state index in [1.807, 2.05) is 6.20 Å². The number of hydrogen-bond donors (Lipinski definition) is 1. The normalized spacial score (nSPS) is 12.8. The van der Waals surface area contributed by atoms with Crippen molar-refractivity contribution < 1.29 is 0 Å². The summed E-state index contributed by atoms with van der Waals surface area (Å²) in [5, 5.41) is 3.48. The molecule has 0 bridgehead atoms. The lowest BCUT2D eigenvalue weighted by Crippen LogP contribution is -2.44. The van der Waals surface area contributed by atoms with Gasteiger partial charge in [-0.05, 0) is 44.4 Å². The Morgan fingerprint density at radius 3 is 2.12 bits per heavy atom. The van der Waals surface area contributed by atoms with Crippen LogP contribution in [0.1, 0.15) is 84.1 Å². The van der Waals surface area contributed by atoms with E-state index in [2.05, 4.69) is 63.0 Å². The van der Waals surface area contributed by atoms with Crippen LogP contribution in [0, 0.1) is 5.92 Å². The Labute approximate surface area is 150 Å². The zero-order valence-corrected chi connectivity index (χ0v) is 16.3. The fourth-order valence-corrected chi connectivity index (χ4v) is 3.52. The van der Waals surface area contributed by atoms with E-state index in [1.165, 1.54) is 63.4 Å². The molecule has 1 atom stereocenters. The maximum atomic E-state index is 3.87. The molecule has 1 aromatic rings. The van der Waals surface area contributed by atoms with Gasteiger partial charge in [-0.15, -0.1) is 0 Å². The Morgan fingerprint density at radius 1 is 0.958 bits per heavy atom. The van der Waals surface area contributed by atoms with E-state index in [4.69, 9.17) is 0 Å². The lowest BCUT2D eigenvalue weighted by Gasteiger charge is -2.35. The number of benzene rings is 1. The van der Waals surface area contributed by atoms with Crippen LogP contribution in [0.25, 0.3) is 0 Å². The summed E-state index contributed by atoms with van der Waals surface area (Å²) in [7, 11) is 0. The second kappa shape index (κ2) is 12.2. The summed E-state index contributed by atoms with van der Waals surface area (Å²) < 4.78 is 0. The lowest BCUT2D eigenvalue weighted by molar-refractivity contribution is 0.254. The molecule has 0 aliphatic carbocycles. The highest BCUT2D eigenvalue weighted by atomic mass is 14.9. The average molecular weight is 330 g/mol. The summed E-state index contributed by atoms with van der Waals surface area (Å²) in [6.07, 6.45) is 15.4. The van der Waals surface area contributed by atoms with Crippen molar-refractivity contribution in [3.05, 3.63) is 48.7 Å². The minimum atomic E-state index is 0.0959. The first-order valence-corrected chi connectivity index (χ1v) is 10.0. The number of rotatable bonds is 14. The number of hydrogen-bond acceptors (Lipinski definition) is 1. The molecule has 0 aliphatic heterocycles. The van der Waals surface area contributed by atoms with Crippen molar-refractivity contribution >= 4 is 0 Å². The van der Waals surface area contributed by atoms with Crippen molar-refractivity contribution in [2.24, 2.45) is 5.92 Å². The van der Waals surface area contributed by atoms with Crippen LogP contribution < -0.4 is 5.32 Å². The van der Waals surface area contributed by atoms with Crippen LogP contribution in [-0.2, 0) is 6.42 Å². The van der Waals surface area contributed by atoms with Gasteiger partial charge in [-0.1, -0.05) is 95.2 Å². The summed E-state index contributed by atoms with van der Waals surface area (Å²) in [4.78, 5) is 0. The molecule has 1 rings (SSSR count). The molecule has 136 valence electrons. The summed E-state index contributed by atoms with van der Waals surface area (Å²) >= 11 is 0. The van der Waals surface area contributed by atoms with Gasteiger partial charge >= 0.3 is 0 Å². The molecule has 0 spiro atoms. The molecule has 0 saturated carbocycles. The fraction of sp³-hybridized carbons (Fsp3) is 0.652. The maximum Gasteiger partial charge on any atom is 0.0343 e. The molecule has 0 amide bonds. The Hall–Kier alpha value is -1.24. The number of unbranched alkanes of at least 4 members (excludes halogenated alkanes) is 7. The maximum absolute atomic E-state index is 3.87. The average Bonchev–Trinajstić information content (AvgIpc) is 2.57. The van der Waals surface area contributed by atoms with E-state index in [0.29, 0.717) is 5.92 Å². The minimum absolute atomic E-state index is 0.0959. The second-order valence-electron chi connectivity index (χ2n) is 7.72. The third-order valence-corrected chi connectivity index (χ3v) is 5.23. The van der Waals surface area contributed by atoms with E-state index in [1.54, 1.807) is 0 Å². The van der Waals surface area contributed by atoms with E-state index in [-0.39, 0.29) is 5.54 Å². The predicted octanol–water partition coefficient (Wildman–Crippen LogP) is 6.89. The summed E-state index contributed by atoms with van der Waals surface area (Å²) in [6, 6.07) is 10.9. The van der Waals surface area contributed by atoms with Gasteiger partial charge in [-0.25, -0.2) is 0 Å². The van der Waals surface area contributed by atoms with E-state index in [0.717, 1.165) is 6.42 Å². The second-order valence-corrected chi connectivity index (χ2v) is 7.72. The zero-order chi connectivity index (χ0) is 17.7. The van der Waals surface area contributed by atoms with Gasteiger partial charge in [0.25, 0.3) is 0 Å². The van der Waals surface area contributed by atoms with Gasteiger partial charge < -0.3 is 5.32 Å². The largest absolute Gasteiger partial charge is 0.386 e. The lowest BCUT2D eigenvalue weighted by atomic mass is 9.79. The van der Waals surface area contributed by atoms with Crippen molar-refractivity contribution in [1.82, 2.24) is 5.32 Å². The van der Waals surface area contributed by atoms with Gasteiger partial charge in [0.1, 0.15) is 0 Å². The minimum Gasteiger partial charge on any atom is -0.386 e. The van der Waals surface area contributed by atoms with Crippen molar-refractivity contribution in [2.45, 2.75) is 90.5 Å². The molecule has 0 aliphatic rings. The summed E-state index contributed by atoms with van der Waals surface area (Å²) in [5.74, 6) is 0.637. The molecule has 24 heavy (non-hydrogen) atoms. The summed E-state index contributed by atoms with van der Waals surface area (Å²) in [5.41, 5.74) is 1.54. The Balaban J connectivity index is 2.40. The molecule has 1 aromatic carbocycles. The van der Waals surface area contributed by atoms with Crippen LogP contribution in [0.5, 0.6) is 0 Å². The smallest absolute Gasteiger partial charge is 0.0343 e. The first kappa shape index (κ1) is 20.8. The van der Waals surface area contributed by atoms with E-state index >= 15 is 0 Å². The quantitative estimate of drug-likeness (QED) is 0.366.